The Hall–Kier alpha value is -0.630. The highest BCUT2D eigenvalue weighted by atomic mass is 15.3. The van der Waals surface area contributed by atoms with Crippen LogP contribution in [0.3, 0.4) is 0 Å². The number of likely N-dealkylation sites (N-methyl/N-ethyl adjacent to an activating group) is 1. The van der Waals surface area contributed by atoms with Crippen molar-refractivity contribution in [3.63, 3.8) is 0 Å². The number of nitrogens with one attached hydrogen (secondary N) is 1. The summed E-state index contributed by atoms with van der Waals surface area (Å²) in [5, 5.41) is 12.5. The molecule has 18 heavy (non-hydrogen) atoms. The van der Waals surface area contributed by atoms with Gasteiger partial charge in [-0.2, -0.15) is 5.26 Å². The van der Waals surface area contributed by atoms with Gasteiger partial charge in [0.1, 0.15) is 5.54 Å². The van der Waals surface area contributed by atoms with E-state index < -0.39 is 0 Å². The van der Waals surface area contributed by atoms with Crippen LogP contribution in [0.15, 0.2) is 0 Å². The molecule has 1 saturated carbocycles. The molecule has 0 radical (unpaired) electrons. The fourth-order valence-corrected chi connectivity index (χ4v) is 3.32. The standard InChI is InChI=1S/C14H26N4/c1-3-17-8-10-18(11-9-17)13-4-6-14(12-15,16-2)7-5-13/h13,16H,3-11H2,1-2H3. The maximum atomic E-state index is 9.27. The molecule has 1 N–H and O–H groups in total. The molecular formula is C14H26N4. The summed E-state index contributed by atoms with van der Waals surface area (Å²) in [7, 11) is 1.92. The van der Waals surface area contributed by atoms with Gasteiger partial charge in [-0.05, 0) is 39.3 Å². The Morgan fingerprint density at radius 3 is 2.28 bits per heavy atom. The predicted octanol–water partition coefficient (Wildman–Crippen LogP) is 1.05. The molecule has 0 atom stereocenters. The molecule has 102 valence electrons. The Kier molecular flexibility index (Phi) is 4.60. The second-order valence-corrected chi connectivity index (χ2v) is 5.65. The number of nitrogens with zero attached hydrogens (tertiary/aromatic N) is 3. The number of hydrogen-bond donors (Lipinski definition) is 1. The maximum absolute atomic E-state index is 9.27. The molecule has 4 heteroatoms. The first-order valence-corrected chi connectivity index (χ1v) is 7.29. The molecule has 0 aromatic rings. The Bertz CT molecular complexity index is 293. The fourth-order valence-electron chi connectivity index (χ4n) is 3.32. The Morgan fingerprint density at radius 2 is 1.83 bits per heavy atom. The largest absolute Gasteiger partial charge is 0.302 e. The zero-order chi connectivity index (χ0) is 13.0. The average Bonchev–Trinajstić information content (AvgIpc) is 2.47. The van der Waals surface area contributed by atoms with E-state index in [9.17, 15) is 5.26 Å². The first kappa shape index (κ1) is 13.8. The van der Waals surface area contributed by atoms with Crippen molar-refractivity contribution in [2.24, 2.45) is 0 Å². The molecule has 0 amide bonds. The molecule has 1 aliphatic carbocycles. The van der Waals surface area contributed by atoms with Crippen molar-refractivity contribution >= 4 is 0 Å². The highest BCUT2D eigenvalue weighted by Gasteiger charge is 2.36. The molecule has 0 unspecified atom stereocenters. The minimum atomic E-state index is -0.248. The maximum Gasteiger partial charge on any atom is 0.106 e. The summed E-state index contributed by atoms with van der Waals surface area (Å²) in [6.45, 7) is 8.25. The van der Waals surface area contributed by atoms with Crippen molar-refractivity contribution in [2.45, 2.75) is 44.2 Å². The predicted molar refractivity (Wildman–Crippen MR) is 73.3 cm³/mol. The third kappa shape index (κ3) is 2.85. The molecule has 0 aromatic heterocycles. The summed E-state index contributed by atoms with van der Waals surface area (Å²) in [5.74, 6) is 0. The molecule has 1 aliphatic heterocycles. The lowest BCUT2D eigenvalue weighted by atomic mass is 9.80. The van der Waals surface area contributed by atoms with Crippen LogP contribution in [0, 0.1) is 11.3 Å². The van der Waals surface area contributed by atoms with Crippen LogP contribution in [0.1, 0.15) is 32.6 Å². The molecule has 2 fully saturated rings. The first-order chi connectivity index (χ1) is 8.73. The fraction of sp³-hybridized carbons (Fsp3) is 0.929. The van der Waals surface area contributed by atoms with Crippen molar-refractivity contribution in [2.75, 3.05) is 39.8 Å². The van der Waals surface area contributed by atoms with Crippen LogP contribution in [0.2, 0.25) is 0 Å². The number of piperazine rings is 1. The van der Waals surface area contributed by atoms with E-state index in [1.807, 2.05) is 7.05 Å². The van der Waals surface area contributed by atoms with E-state index in [1.54, 1.807) is 0 Å². The van der Waals surface area contributed by atoms with Crippen molar-refractivity contribution in [3.8, 4) is 6.07 Å². The smallest absolute Gasteiger partial charge is 0.106 e. The lowest BCUT2D eigenvalue weighted by Crippen LogP contribution is -2.54. The van der Waals surface area contributed by atoms with E-state index in [0.29, 0.717) is 6.04 Å². The van der Waals surface area contributed by atoms with Gasteiger partial charge in [0.2, 0.25) is 0 Å². The van der Waals surface area contributed by atoms with Crippen LogP contribution in [0.5, 0.6) is 0 Å². The van der Waals surface area contributed by atoms with Gasteiger partial charge in [0.05, 0.1) is 6.07 Å². The summed E-state index contributed by atoms with van der Waals surface area (Å²) in [6.07, 6.45) is 4.33. The van der Waals surface area contributed by atoms with E-state index in [-0.39, 0.29) is 5.54 Å². The Morgan fingerprint density at radius 1 is 1.22 bits per heavy atom. The first-order valence-electron chi connectivity index (χ1n) is 7.29. The van der Waals surface area contributed by atoms with Gasteiger partial charge in [-0.15, -0.1) is 0 Å². The normalized spacial score (nSPS) is 35.3. The van der Waals surface area contributed by atoms with E-state index in [2.05, 4.69) is 28.1 Å². The van der Waals surface area contributed by atoms with E-state index in [1.165, 1.54) is 45.6 Å². The van der Waals surface area contributed by atoms with Gasteiger partial charge in [0.15, 0.2) is 0 Å². The Labute approximate surface area is 111 Å². The summed E-state index contributed by atoms with van der Waals surface area (Å²) in [4.78, 5) is 5.16. The van der Waals surface area contributed by atoms with Gasteiger partial charge in [-0.3, -0.25) is 4.90 Å². The van der Waals surface area contributed by atoms with Crippen LogP contribution < -0.4 is 5.32 Å². The van der Waals surface area contributed by atoms with E-state index in [4.69, 9.17) is 0 Å². The summed E-state index contributed by atoms with van der Waals surface area (Å²) >= 11 is 0. The van der Waals surface area contributed by atoms with Crippen molar-refractivity contribution < 1.29 is 0 Å². The second kappa shape index (κ2) is 6.01. The zero-order valence-electron chi connectivity index (χ0n) is 11.8. The van der Waals surface area contributed by atoms with Gasteiger partial charge in [-0.1, -0.05) is 6.92 Å². The molecule has 2 aliphatic rings. The number of rotatable bonds is 3. The van der Waals surface area contributed by atoms with Crippen molar-refractivity contribution in [1.82, 2.24) is 15.1 Å². The lowest BCUT2D eigenvalue weighted by molar-refractivity contribution is 0.0708. The highest BCUT2D eigenvalue weighted by molar-refractivity contribution is 5.09. The summed E-state index contributed by atoms with van der Waals surface area (Å²) in [6, 6.07) is 3.18. The SMILES string of the molecule is CCN1CCN(C2CCC(C#N)(NC)CC2)CC1. The van der Waals surface area contributed by atoms with E-state index >= 15 is 0 Å². The molecule has 1 saturated heterocycles. The third-order valence-corrected chi connectivity index (χ3v) is 4.87. The third-order valence-electron chi connectivity index (χ3n) is 4.87. The zero-order valence-corrected chi connectivity index (χ0v) is 11.8. The van der Waals surface area contributed by atoms with Crippen LogP contribution in [0.25, 0.3) is 0 Å². The average molecular weight is 250 g/mol. The molecule has 0 bridgehead atoms. The highest BCUT2D eigenvalue weighted by Crippen LogP contribution is 2.30. The molecular weight excluding hydrogens is 224 g/mol. The quantitative estimate of drug-likeness (QED) is 0.813. The van der Waals surface area contributed by atoms with Crippen LogP contribution in [0.4, 0.5) is 0 Å². The monoisotopic (exact) mass is 250 g/mol. The molecule has 2 rings (SSSR count). The number of hydrogen-bond acceptors (Lipinski definition) is 4. The van der Waals surface area contributed by atoms with Crippen molar-refractivity contribution in [3.05, 3.63) is 0 Å². The summed E-state index contributed by atoms with van der Waals surface area (Å²) < 4.78 is 0. The van der Waals surface area contributed by atoms with Gasteiger partial charge in [0, 0.05) is 32.2 Å². The minimum Gasteiger partial charge on any atom is -0.302 e. The Balaban J connectivity index is 1.82. The number of nitriles is 1. The molecule has 1 heterocycles. The lowest BCUT2D eigenvalue weighted by Gasteiger charge is -2.43. The molecule has 4 nitrogen and oxygen atoms in total. The van der Waals surface area contributed by atoms with Gasteiger partial charge in [0.25, 0.3) is 0 Å². The van der Waals surface area contributed by atoms with Gasteiger partial charge >= 0.3 is 0 Å². The topological polar surface area (TPSA) is 42.3 Å². The summed E-state index contributed by atoms with van der Waals surface area (Å²) in [5.41, 5.74) is -0.248. The van der Waals surface area contributed by atoms with Crippen LogP contribution >= 0.6 is 0 Å². The van der Waals surface area contributed by atoms with Gasteiger partial charge < -0.3 is 10.2 Å². The van der Waals surface area contributed by atoms with E-state index in [0.717, 1.165) is 12.8 Å². The minimum absolute atomic E-state index is 0.248. The van der Waals surface area contributed by atoms with Crippen LogP contribution in [-0.4, -0.2) is 61.2 Å². The molecule has 0 spiro atoms. The molecule has 0 aromatic carbocycles. The second-order valence-electron chi connectivity index (χ2n) is 5.65. The van der Waals surface area contributed by atoms with Gasteiger partial charge in [-0.25, -0.2) is 0 Å². The van der Waals surface area contributed by atoms with Crippen LogP contribution in [-0.2, 0) is 0 Å². The van der Waals surface area contributed by atoms with Crippen molar-refractivity contribution in [1.29, 1.82) is 5.26 Å².